The molecule has 5 nitrogen and oxygen atoms in total. The fourth-order valence-electron chi connectivity index (χ4n) is 1.68. The van der Waals surface area contributed by atoms with Gasteiger partial charge in [-0.1, -0.05) is 0 Å². The fourth-order valence-corrected chi connectivity index (χ4v) is 2.77. The van der Waals surface area contributed by atoms with Gasteiger partial charge in [-0.3, -0.25) is 8.98 Å². The van der Waals surface area contributed by atoms with Crippen LogP contribution in [0.4, 0.5) is 0 Å². The minimum atomic E-state index is -3.75. The number of amides is 1. The van der Waals surface area contributed by atoms with Crippen molar-refractivity contribution in [2.45, 2.75) is 25.7 Å². The van der Waals surface area contributed by atoms with Gasteiger partial charge in [0.15, 0.2) is 0 Å². The molecule has 0 aromatic heterocycles. The van der Waals surface area contributed by atoms with Crippen molar-refractivity contribution in [1.29, 1.82) is 0 Å². The highest BCUT2D eigenvalue weighted by Crippen LogP contribution is 2.21. The molecule has 0 atom stereocenters. The Morgan fingerprint density at radius 2 is 1.76 bits per heavy atom. The zero-order valence-electron chi connectivity index (χ0n) is 9.98. The van der Waals surface area contributed by atoms with Crippen molar-refractivity contribution in [3.05, 3.63) is 28.8 Å². The topological polar surface area (TPSA) is 86.5 Å². The summed E-state index contributed by atoms with van der Waals surface area (Å²) in [6, 6.07) is 2.77. The van der Waals surface area contributed by atoms with Crippen LogP contribution in [-0.2, 0) is 14.3 Å². The molecule has 0 radical (unpaired) electrons. The van der Waals surface area contributed by atoms with Crippen molar-refractivity contribution in [1.82, 2.24) is 0 Å². The molecular weight excluding hydrogens is 242 g/mol. The van der Waals surface area contributed by atoms with Crippen molar-refractivity contribution in [2.24, 2.45) is 5.73 Å². The van der Waals surface area contributed by atoms with E-state index in [0.29, 0.717) is 16.7 Å². The van der Waals surface area contributed by atoms with E-state index in [1.54, 1.807) is 20.8 Å². The highest BCUT2D eigenvalue weighted by Gasteiger charge is 2.18. The lowest BCUT2D eigenvalue weighted by Crippen LogP contribution is -2.16. The number of carbonyl (C=O) groups is 1. The van der Waals surface area contributed by atoms with Gasteiger partial charge in [0.05, 0.1) is 11.5 Å². The molecule has 0 heterocycles. The van der Waals surface area contributed by atoms with E-state index < -0.39 is 16.0 Å². The summed E-state index contributed by atoms with van der Waals surface area (Å²) in [4.78, 5) is 11.2. The van der Waals surface area contributed by atoms with Crippen LogP contribution in [0.1, 0.15) is 28.4 Å². The van der Waals surface area contributed by atoms with Gasteiger partial charge < -0.3 is 5.73 Å². The Morgan fingerprint density at radius 3 is 2.12 bits per heavy atom. The summed E-state index contributed by atoms with van der Waals surface area (Å²) in [5, 5.41) is 0. The molecular formula is C11H15NO4S. The molecule has 0 aliphatic heterocycles. The SMILES string of the molecule is CCOS(=O)(=O)c1cc(C)c(C(N)=O)c(C)c1. The van der Waals surface area contributed by atoms with Gasteiger partial charge >= 0.3 is 0 Å². The molecule has 1 amide bonds. The molecule has 0 aliphatic carbocycles. The minimum Gasteiger partial charge on any atom is -0.366 e. The van der Waals surface area contributed by atoms with E-state index in [1.807, 2.05) is 0 Å². The number of carbonyl (C=O) groups excluding carboxylic acids is 1. The lowest BCUT2D eigenvalue weighted by molar-refractivity contribution is 0.0999. The highest BCUT2D eigenvalue weighted by molar-refractivity contribution is 7.86. The lowest BCUT2D eigenvalue weighted by atomic mass is 10.0. The Hall–Kier alpha value is -1.40. The first-order valence-corrected chi connectivity index (χ1v) is 6.51. The normalized spacial score (nSPS) is 11.5. The average molecular weight is 257 g/mol. The van der Waals surface area contributed by atoms with Gasteiger partial charge in [-0.15, -0.1) is 0 Å². The van der Waals surface area contributed by atoms with Gasteiger partial charge in [0.25, 0.3) is 10.1 Å². The Kier molecular flexibility index (Phi) is 3.90. The number of nitrogens with two attached hydrogens (primary N) is 1. The van der Waals surface area contributed by atoms with Crippen molar-refractivity contribution < 1.29 is 17.4 Å². The molecule has 0 saturated heterocycles. The summed E-state index contributed by atoms with van der Waals surface area (Å²) in [6.07, 6.45) is 0. The van der Waals surface area contributed by atoms with E-state index in [0.717, 1.165) is 0 Å². The Bertz CT molecular complexity index is 526. The number of hydrogen-bond acceptors (Lipinski definition) is 4. The molecule has 0 saturated carbocycles. The maximum absolute atomic E-state index is 11.7. The summed E-state index contributed by atoms with van der Waals surface area (Å²) in [5.74, 6) is -0.569. The van der Waals surface area contributed by atoms with E-state index in [2.05, 4.69) is 4.18 Å². The third kappa shape index (κ3) is 2.83. The molecule has 1 aromatic rings. The van der Waals surface area contributed by atoms with E-state index in [1.165, 1.54) is 12.1 Å². The summed E-state index contributed by atoms with van der Waals surface area (Å²) >= 11 is 0. The van der Waals surface area contributed by atoms with Crippen molar-refractivity contribution in [2.75, 3.05) is 6.61 Å². The Morgan fingerprint density at radius 1 is 1.29 bits per heavy atom. The van der Waals surface area contributed by atoms with Gasteiger partial charge in [0.1, 0.15) is 0 Å². The maximum Gasteiger partial charge on any atom is 0.296 e. The first-order valence-electron chi connectivity index (χ1n) is 5.10. The van der Waals surface area contributed by atoms with Crippen molar-refractivity contribution in [3.8, 4) is 0 Å². The molecule has 17 heavy (non-hydrogen) atoms. The minimum absolute atomic E-state index is 0.0411. The van der Waals surface area contributed by atoms with Crippen molar-refractivity contribution >= 4 is 16.0 Å². The van der Waals surface area contributed by atoms with Crippen LogP contribution in [0, 0.1) is 13.8 Å². The van der Waals surface area contributed by atoms with Crippen LogP contribution in [0.25, 0.3) is 0 Å². The molecule has 0 unspecified atom stereocenters. The first-order chi connectivity index (χ1) is 7.79. The highest BCUT2D eigenvalue weighted by atomic mass is 32.2. The van der Waals surface area contributed by atoms with E-state index in [4.69, 9.17) is 5.73 Å². The zero-order chi connectivity index (χ0) is 13.2. The molecule has 1 rings (SSSR count). The van der Waals surface area contributed by atoms with E-state index in [-0.39, 0.29) is 11.5 Å². The average Bonchev–Trinajstić information content (AvgIpc) is 2.15. The predicted octanol–water partition coefficient (Wildman–Crippen LogP) is 1.13. The first kappa shape index (κ1) is 13.7. The molecule has 0 bridgehead atoms. The van der Waals surface area contributed by atoms with Crippen LogP contribution in [-0.4, -0.2) is 20.9 Å². The second kappa shape index (κ2) is 4.85. The third-order valence-electron chi connectivity index (χ3n) is 2.31. The van der Waals surface area contributed by atoms with Gasteiger partial charge in [0.2, 0.25) is 5.91 Å². The maximum atomic E-state index is 11.7. The molecule has 6 heteroatoms. The van der Waals surface area contributed by atoms with Crippen LogP contribution in [0.2, 0.25) is 0 Å². The van der Waals surface area contributed by atoms with Crippen LogP contribution >= 0.6 is 0 Å². The fraction of sp³-hybridized carbons (Fsp3) is 0.364. The predicted molar refractivity (Wildman–Crippen MR) is 63.2 cm³/mol. The summed E-state index contributed by atoms with van der Waals surface area (Å²) in [6.45, 7) is 4.93. The summed E-state index contributed by atoms with van der Waals surface area (Å²) in [7, 11) is -3.75. The molecule has 2 N–H and O–H groups in total. The van der Waals surface area contributed by atoms with Crippen LogP contribution in [0.3, 0.4) is 0 Å². The molecule has 0 aliphatic rings. The van der Waals surface area contributed by atoms with Crippen LogP contribution in [0.15, 0.2) is 17.0 Å². The van der Waals surface area contributed by atoms with E-state index >= 15 is 0 Å². The Labute approximate surface area is 101 Å². The van der Waals surface area contributed by atoms with Crippen LogP contribution in [0.5, 0.6) is 0 Å². The zero-order valence-corrected chi connectivity index (χ0v) is 10.8. The molecule has 0 spiro atoms. The number of aryl methyl sites for hydroxylation is 2. The van der Waals surface area contributed by atoms with Crippen molar-refractivity contribution in [3.63, 3.8) is 0 Å². The monoisotopic (exact) mass is 257 g/mol. The quantitative estimate of drug-likeness (QED) is 0.819. The third-order valence-corrected chi connectivity index (χ3v) is 3.67. The lowest BCUT2D eigenvalue weighted by Gasteiger charge is -2.10. The number of benzene rings is 1. The Balaban J connectivity index is 3.38. The van der Waals surface area contributed by atoms with E-state index in [9.17, 15) is 13.2 Å². The second-order valence-corrected chi connectivity index (χ2v) is 5.27. The largest absolute Gasteiger partial charge is 0.366 e. The number of rotatable bonds is 4. The molecule has 0 fully saturated rings. The summed E-state index contributed by atoms with van der Waals surface area (Å²) < 4.78 is 28.0. The van der Waals surface area contributed by atoms with Gasteiger partial charge in [-0.05, 0) is 44.0 Å². The van der Waals surface area contributed by atoms with Gasteiger partial charge in [-0.25, -0.2) is 0 Å². The smallest absolute Gasteiger partial charge is 0.296 e. The number of primary amides is 1. The van der Waals surface area contributed by atoms with Gasteiger partial charge in [0, 0.05) is 5.56 Å². The molecule has 1 aromatic carbocycles. The van der Waals surface area contributed by atoms with Crippen LogP contribution < -0.4 is 5.73 Å². The number of hydrogen-bond donors (Lipinski definition) is 1. The second-order valence-electron chi connectivity index (χ2n) is 3.66. The van der Waals surface area contributed by atoms with Gasteiger partial charge in [-0.2, -0.15) is 8.42 Å². The molecule has 94 valence electrons. The standard InChI is InChI=1S/C11H15NO4S/c1-4-16-17(14,15)9-5-7(2)10(11(12)13)8(3)6-9/h5-6H,4H2,1-3H3,(H2,12,13). The summed E-state index contributed by atoms with van der Waals surface area (Å²) in [5.41, 5.74) is 6.61.